The molecule has 0 saturated heterocycles. The highest BCUT2D eigenvalue weighted by atomic mass is 32.2. The van der Waals surface area contributed by atoms with E-state index < -0.39 is 15.9 Å². The maximum atomic E-state index is 12.2. The minimum atomic E-state index is -4.06. The molecule has 0 spiro atoms. The third-order valence-electron chi connectivity index (χ3n) is 10.9. The zero-order chi connectivity index (χ0) is 24.9. The molecule has 34 heavy (non-hydrogen) atoms. The van der Waals surface area contributed by atoms with Gasteiger partial charge in [-0.15, -0.1) is 0 Å². The topological polar surface area (TPSA) is 124 Å². The highest BCUT2D eigenvalue weighted by Gasteiger charge is 2.62. The molecule has 4 rings (SSSR count). The molecule has 0 heterocycles. The molecule has 8 heteroatoms. The van der Waals surface area contributed by atoms with Crippen LogP contribution in [-0.2, 0) is 14.9 Å². The van der Waals surface area contributed by atoms with Gasteiger partial charge in [-0.1, -0.05) is 20.8 Å². The molecule has 0 aromatic carbocycles. The smallest absolute Gasteiger partial charge is 0.266 e. The highest BCUT2D eigenvalue weighted by molar-refractivity contribution is 7.85. The van der Waals surface area contributed by atoms with Gasteiger partial charge in [0, 0.05) is 13.0 Å². The molecule has 0 aromatic rings. The van der Waals surface area contributed by atoms with Crippen LogP contribution in [0.25, 0.3) is 0 Å². The van der Waals surface area contributed by atoms with E-state index >= 15 is 0 Å². The van der Waals surface area contributed by atoms with Crippen molar-refractivity contribution in [2.45, 2.75) is 97.2 Å². The molecule has 0 aromatic heterocycles. The number of nitrogens with one attached hydrogen (secondary N) is 1. The number of carbonyl (C=O) groups is 1. The van der Waals surface area contributed by atoms with Gasteiger partial charge in [0.25, 0.3) is 10.1 Å². The van der Waals surface area contributed by atoms with Gasteiger partial charge in [0.15, 0.2) is 0 Å². The lowest BCUT2D eigenvalue weighted by atomic mass is 9.44. The Balaban J connectivity index is 1.38. The van der Waals surface area contributed by atoms with Gasteiger partial charge in [-0.25, -0.2) is 0 Å². The monoisotopic (exact) mass is 499 g/mol. The third kappa shape index (κ3) is 4.94. The van der Waals surface area contributed by atoms with E-state index in [0.29, 0.717) is 36.0 Å². The van der Waals surface area contributed by atoms with E-state index in [4.69, 9.17) is 4.55 Å². The number of carbonyl (C=O) groups excluding carboxylic acids is 1. The molecule has 10 atom stereocenters. The lowest BCUT2D eigenvalue weighted by molar-refractivity contribution is -0.172. The Labute approximate surface area is 205 Å². The number of amides is 1. The van der Waals surface area contributed by atoms with Crippen LogP contribution < -0.4 is 5.32 Å². The predicted octanol–water partition coefficient (Wildman–Crippen LogP) is 3.40. The fourth-order valence-electron chi connectivity index (χ4n) is 9.22. The summed E-state index contributed by atoms with van der Waals surface area (Å²) in [6.07, 6.45) is 8.84. The number of aliphatic hydroxyl groups is 2. The fourth-order valence-corrected chi connectivity index (χ4v) is 9.58. The largest absolute Gasteiger partial charge is 0.393 e. The van der Waals surface area contributed by atoms with Crippen molar-refractivity contribution in [1.29, 1.82) is 0 Å². The van der Waals surface area contributed by atoms with Crippen molar-refractivity contribution in [2.24, 2.45) is 46.3 Å². The van der Waals surface area contributed by atoms with Crippen LogP contribution in [0.1, 0.15) is 85.0 Å². The first-order chi connectivity index (χ1) is 15.8. The molecule has 4 fully saturated rings. The molecule has 7 nitrogen and oxygen atoms in total. The molecule has 1 amide bonds. The number of hydrogen-bond donors (Lipinski definition) is 4. The SMILES string of the molecule is CC(CCC(=O)NCCS(=O)(=O)O)[C@H]1CC[C@H]2[C@@H]3C[C@H](O)[C@@H]4C[C@H](O)CCC4(C)[C@H]3CCC12C. The van der Waals surface area contributed by atoms with E-state index in [-0.39, 0.29) is 41.4 Å². The van der Waals surface area contributed by atoms with Crippen molar-refractivity contribution in [3.8, 4) is 0 Å². The van der Waals surface area contributed by atoms with Crippen LogP contribution in [0.15, 0.2) is 0 Å². The maximum absolute atomic E-state index is 12.2. The van der Waals surface area contributed by atoms with E-state index in [1.165, 1.54) is 25.7 Å². The summed E-state index contributed by atoms with van der Waals surface area (Å²) in [5, 5.41) is 24.0. The van der Waals surface area contributed by atoms with Crippen LogP contribution in [0.3, 0.4) is 0 Å². The van der Waals surface area contributed by atoms with Gasteiger partial charge in [0.05, 0.1) is 18.0 Å². The molecule has 0 aliphatic heterocycles. The normalized spacial score (nSPS) is 45.1. The van der Waals surface area contributed by atoms with Gasteiger partial charge in [0.1, 0.15) is 0 Å². The quantitative estimate of drug-likeness (QED) is 0.398. The standard InChI is InChI=1S/C26H45NO6S/c1-16(4-7-24(30)27-12-13-34(31,32)33)19-5-6-20-18-15-23(29)22-14-17(28)8-10-26(22,3)21(18)9-11-25(19,20)2/h16-23,28-29H,4-15H2,1-3H3,(H,27,30)(H,31,32,33)/t16?,17-,18+,19-,20+,21+,22+,23+,25?,26?/m1/s1. The number of hydrogen-bond acceptors (Lipinski definition) is 5. The summed E-state index contributed by atoms with van der Waals surface area (Å²) >= 11 is 0. The third-order valence-corrected chi connectivity index (χ3v) is 11.6. The van der Waals surface area contributed by atoms with Crippen LogP contribution >= 0.6 is 0 Å². The fraction of sp³-hybridized carbons (Fsp3) is 0.962. The van der Waals surface area contributed by atoms with Crippen molar-refractivity contribution < 1.29 is 28.0 Å². The molecule has 4 N–H and O–H groups in total. The lowest BCUT2D eigenvalue weighted by Crippen LogP contribution is -2.58. The van der Waals surface area contributed by atoms with Crippen molar-refractivity contribution in [3.05, 3.63) is 0 Å². The molecular formula is C26H45NO6S. The minimum Gasteiger partial charge on any atom is -0.393 e. The Bertz CT molecular complexity index is 863. The number of aliphatic hydroxyl groups excluding tert-OH is 2. The van der Waals surface area contributed by atoms with Gasteiger partial charge in [-0.05, 0) is 104 Å². The average molecular weight is 500 g/mol. The summed E-state index contributed by atoms with van der Waals surface area (Å²) in [5.41, 5.74) is 0.367. The Hall–Kier alpha value is -0.700. The van der Waals surface area contributed by atoms with Crippen molar-refractivity contribution in [2.75, 3.05) is 12.3 Å². The zero-order valence-corrected chi connectivity index (χ0v) is 21.9. The van der Waals surface area contributed by atoms with Crippen molar-refractivity contribution in [3.63, 3.8) is 0 Å². The van der Waals surface area contributed by atoms with Crippen molar-refractivity contribution >= 4 is 16.0 Å². The highest BCUT2D eigenvalue weighted by Crippen LogP contribution is 2.68. The van der Waals surface area contributed by atoms with Gasteiger partial charge in [0.2, 0.25) is 5.91 Å². The summed E-state index contributed by atoms with van der Waals surface area (Å²) in [7, 11) is -4.06. The number of fused-ring (bicyclic) bond motifs is 5. The minimum absolute atomic E-state index is 0.0581. The summed E-state index contributed by atoms with van der Waals surface area (Å²) in [4.78, 5) is 12.2. The van der Waals surface area contributed by atoms with E-state index in [9.17, 15) is 23.4 Å². The van der Waals surface area contributed by atoms with E-state index in [2.05, 4.69) is 26.1 Å². The van der Waals surface area contributed by atoms with Crippen LogP contribution in [0, 0.1) is 46.3 Å². The lowest BCUT2D eigenvalue weighted by Gasteiger charge is -2.62. The Morgan fingerprint density at radius 2 is 1.68 bits per heavy atom. The second-order valence-corrected chi connectivity index (χ2v) is 14.2. The van der Waals surface area contributed by atoms with Gasteiger partial charge < -0.3 is 15.5 Å². The molecule has 0 bridgehead atoms. The summed E-state index contributed by atoms with van der Waals surface area (Å²) in [6.45, 7) is 7.05. The maximum Gasteiger partial charge on any atom is 0.266 e. The molecule has 3 unspecified atom stereocenters. The Morgan fingerprint density at radius 3 is 2.38 bits per heavy atom. The first-order valence-corrected chi connectivity index (χ1v) is 15.0. The summed E-state index contributed by atoms with van der Waals surface area (Å²) < 4.78 is 30.5. The van der Waals surface area contributed by atoms with Crippen LogP contribution in [-0.4, -0.2) is 53.6 Å². The van der Waals surface area contributed by atoms with Crippen LogP contribution in [0.5, 0.6) is 0 Å². The van der Waals surface area contributed by atoms with E-state index in [0.717, 1.165) is 32.1 Å². The van der Waals surface area contributed by atoms with Gasteiger partial charge >= 0.3 is 0 Å². The summed E-state index contributed by atoms with van der Waals surface area (Å²) in [5.74, 6) is 2.36. The molecule has 196 valence electrons. The van der Waals surface area contributed by atoms with Crippen LogP contribution in [0.4, 0.5) is 0 Å². The molecular weight excluding hydrogens is 454 g/mol. The summed E-state index contributed by atoms with van der Waals surface area (Å²) in [6, 6.07) is 0. The predicted molar refractivity (Wildman–Crippen MR) is 130 cm³/mol. The van der Waals surface area contributed by atoms with Crippen LogP contribution in [0.2, 0.25) is 0 Å². The Morgan fingerprint density at radius 1 is 1.00 bits per heavy atom. The second-order valence-electron chi connectivity index (χ2n) is 12.6. The molecule has 4 aliphatic carbocycles. The zero-order valence-electron chi connectivity index (χ0n) is 21.1. The van der Waals surface area contributed by atoms with Gasteiger partial charge in [-0.3, -0.25) is 9.35 Å². The first-order valence-electron chi connectivity index (χ1n) is 13.4. The second kappa shape index (κ2) is 9.64. The molecule has 4 saturated carbocycles. The molecule has 0 radical (unpaired) electrons. The number of rotatable bonds is 7. The first kappa shape index (κ1) is 26.4. The van der Waals surface area contributed by atoms with E-state index in [1.807, 2.05) is 0 Å². The van der Waals surface area contributed by atoms with E-state index in [1.54, 1.807) is 0 Å². The van der Waals surface area contributed by atoms with Gasteiger partial charge in [-0.2, -0.15) is 8.42 Å². The average Bonchev–Trinajstić information content (AvgIpc) is 3.10. The molecule has 4 aliphatic rings. The Kier molecular flexibility index (Phi) is 7.47. The van der Waals surface area contributed by atoms with Crippen molar-refractivity contribution in [1.82, 2.24) is 5.32 Å².